The number of nitrogens with zero attached hydrogens (tertiary/aromatic N) is 4. The van der Waals surface area contributed by atoms with Gasteiger partial charge in [-0.1, -0.05) is 152 Å². The molecule has 0 unspecified atom stereocenters. The van der Waals surface area contributed by atoms with Crippen molar-refractivity contribution in [2.24, 2.45) is 0 Å². The average Bonchev–Trinajstić information content (AvgIpc) is 3.80. The highest BCUT2D eigenvalue weighted by molar-refractivity contribution is 6.23. The van der Waals surface area contributed by atoms with Crippen LogP contribution in [0.25, 0.3) is 110 Å². The van der Waals surface area contributed by atoms with Gasteiger partial charge in [0.15, 0.2) is 0 Å². The van der Waals surface area contributed by atoms with Crippen molar-refractivity contribution in [1.29, 1.82) is 0 Å². The van der Waals surface area contributed by atoms with Gasteiger partial charge in [0.25, 0.3) is 0 Å². The largest absolute Gasteiger partial charge is 0.309 e. The maximum atomic E-state index is 5.29. The third-order valence-corrected chi connectivity index (χ3v) is 11.7. The number of para-hydroxylation sites is 2. The number of aromatic nitrogens is 4. The van der Waals surface area contributed by atoms with Gasteiger partial charge in [0, 0.05) is 49.4 Å². The van der Waals surface area contributed by atoms with Gasteiger partial charge in [-0.2, -0.15) is 0 Å². The van der Waals surface area contributed by atoms with Crippen molar-refractivity contribution in [2.45, 2.75) is 0 Å². The summed E-state index contributed by atoms with van der Waals surface area (Å²) in [6.45, 7) is 0. The summed E-state index contributed by atoms with van der Waals surface area (Å²) in [6.07, 6.45) is 0. The van der Waals surface area contributed by atoms with Crippen LogP contribution in [-0.2, 0) is 0 Å². The van der Waals surface area contributed by atoms with E-state index in [2.05, 4.69) is 203 Å². The first-order valence-electron chi connectivity index (χ1n) is 19.7. The van der Waals surface area contributed by atoms with Gasteiger partial charge in [0.2, 0.25) is 0 Å². The van der Waals surface area contributed by atoms with Crippen LogP contribution in [0.1, 0.15) is 0 Å². The summed E-state index contributed by atoms with van der Waals surface area (Å²) < 4.78 is 4.88. The molecule has 9 aromatic carbocycles. The lowest BCUT2D eigenvalue weighted by molar-refractivity contribution is 1.17. The van der Waals surface area contributed by atoms with Crippen LogP contribution in [0.2, 0.25) is 0 Å². The Bertz CT molecular complexity index is 3550. The highest BCUT2D eigenvalue weighted by atomic mass is 15.0. The van der Waals surface area contributed by atoms with E-state index < -0.39 is 0 Å². The minimum absolute atomic E-state index is 0.863. The third kappa shape index (κ3) is 5.02. The maximum Gasteiger partial charge on any atom is 0.0973 e. The molecule has 0 saturated carbocycles. The SMILES string of the molecule is c1ccc(-c2nc3ccc(-c4cccc(-n5c6ccccc6c6cc7c8ccc9ccccc9c8n(-c8ccccc8)c7cc65)c4)cc3nc2-c2ccccc2)cc1. The molecule has 0 bridgehead atoms. The zero-order chi connectivity index (χ0) is 38.2. The van der Waals surface area contributed by atoms with Crippen LogP contribution in [-0.4, -0.2) is 19.1 Å². The van der Waals surface area contributed by atoms with Gasteiger partial charge in [-0.05, 0) is 71.1 Å². The molecule has 270 valence electrons. The van der Waals surface area contributed by atoms with E-state index in [4.69, 9.17) is 9.97 Å². The zero-order valence-corrected chi connectivity index (χ0v) is 31.4. The molecule has 0 aliphatic carbocycles. The highest BCUT2D eigenvalue weighted by Crippen LogP contribution is 2.42. The number of rotatable bonds is 5. The molecule has 12 rings (SSSR count). The minimum atomic E-state index is 0.863. The van der Waals surface area contributed by atoms with E-state index in [0.717, 1.165) is 56.0 Å². The Morgan fingerprint density at radius 1 is 0.293 bits per heavy atom. The number of fused-ring (bicyclic) bond motifs is 9. The normalized spacial score (nSPS) is 11.8. The Balaban J connectivity index is 1.07. The van der Waals surface area contributed by atoms with Crippen LogP contribution in [0.5, 0.6) is 0 Å². The number of hydrogen-bond acceptors (Lipinski definition) is 2. The third-order valence-electron chi connectivity index (χ3n) is 11.7. The standard InChI is InChI=1S/C54H34N4/c1-4-16-36(17-5-1)52-53(37-18-6-2-7-19-37)56-48-32-39(28-30-47(48)55-52)38-20-14-23-41(31-38)57-49-26-13-12-25-43(49)45-33-46-44-29-27-35-15-10-11-24-42(35)54(44)58(51(46)34-50(45)57)40-21-8-3-9-22-40/h1-34H. The molecule has 3 heterocycles. The summed E-state index contributed by atoms with van der Waals surface area (Å²) in [6, 6.07) is 73.7. The molecule has 0 N–H and O–H groups in total. The Labute approximate surface area is 334 Å². The molecule has 0 saturated heterocycles. The van der Waals surface area contributed by atoms with Crippen LogP contribution >= 0.6 is 0 Å². The lowest BCUT2D eigenvalue weighted by Gasteiger charge is -2.13. The van der Waals surface area contributed by atoms with E-state index in [0.29, 0.717) is 0 Å². The van der Waals surface area contributed by atoms with Gasteiger partial charge in [0.05, 0.1) is 44.5 Å². The first kappa shape index (κ1) is 32.4. The van der Waals surface area contributed by atoms with Crippen molar-refractivity contribution in [2.75, 3.05) is 0 Å². The van der Waals surface area contributed by atoms with Gasteiger partial charge in [-0.15, -0.1) is 0 Å². The molecule has 0 amide bonds. The van der Waals surface area contributed by atoms with Crippen LogP contribution in [0.15, 0.2) is 206 Å². The monoisotopic (exact) mass is 738 g/mol. The van der Waals surface area contributed by atoms with Crippen LogP contribution in [0.3, 0.4) is 0 Å². The minimum Gasteiger partial charge on any atom is -0.309 e. The highest BCUT2D eigenvalue weighted by Gasteiger charge is 2.20. The quantitative estimate of drug-likeness (QED) is 0.176. The molecule has 4 heteroatoms. The van der Waals surface area contributed by atoms with E-state index >= 15 is 0 Å². The van der Waals surface area contributed by atoms with Gasteiger partial charge >= 0.3 is 0 Å². The Hall–Kier alpha value is -7.82. The second kappa shape index (κ2) is 12.9. The summed E-state index contributed by atoms with van der Waals surface area (Å²) in [5.41, 5.74) is 14.8. The van der Waals surface area contributed by atoms with Crippen molar-refractivity contribution in [1.82, 2.24) is 19.1 Å². The van der Waals surface area contributed by atoms with E-state index in [1.807, 2.05) is 12.1 Å². The number of hydrogen-bond donors (Lipinski definition) is 0. The molecular weight excluding hydrogens is 705 g/mol. The van der Waals surface area contributed by atoms with Gasteiger partial charge < -0.3 is 9.13 Å². The van der Waals surface area contributed by atoms with Crippen LogP contribution in [0, 0.1) is 0 Å². The van der Waals surface area contributed by atoms with E-state index in [1.54, 1.807) is 0 Å². The molecule has 0 spiro atoms. The molecule has 0 aliphatic heterocycles. The summed E-state index contributed by atoms with van der Waals surface area (Å²) in [5, 5.41) is 7.45. The Kier molecular flexibility index (Phi) is 7.20. The molecule has 12 aromatic rings. The van der Waals surface area contributed by atoms with Crippen molar-refractivity contribution >= 4 is 65.4 Å². The van der Waals surface area contributed by atoms with Gasteiger partial charge in [0.1, 0.15) is 0 Å². The average molecular weight is 739 g/mol. The fourth-order valence-corrected chi connectivity index (χ4v) is 9.02. The van der Waals surface area contributed by atoms with Crippen molar-refractivity contribution in [3.8, 4) is 45.0 Å². The smallest absolute Gasteiger partial charge is 0.0973 e. The molecule has 0 fully saturated rings. The van der Waals surface area contributed by atoms with Crippen molar-refractivity contribution < 1.29 is 0 Å². The Morgan fingerprint density at radius 3 is 1.66 bits per heavy atom. The van der Waals surface area contributed by atoms with Gasteiger partial charge in [-0.3, -0.25) is 0 Å². The Morgan fingerprint density at radius 2 is 0.879 bits per heavy atom. The molecule has 0 radical (unpaired) electrons. The molecule has 0 aliphatic rings. The first-order valence-corrected chi connectivity index (χ1v) is 19.7. The zero-order valence-electron chi connectivity index (χ0n) is 31.4. The van der Waals surface area contributed by atoms with Crippen molar-refractivity contribution in [3.63, 3.8) is 0 Å². The summed E-state index contributed by atoms with van der Waals surface area (Å²) >= 11 is 0. The predicted octanol–water partition coefficient (Wildman–Crippen LogP) is 14.0. The molecule has 4 nitrogen and oxygen atoms in total. The fourth-order valence-electron chi connectivity index (χ4n) is 9.02. The molecular formula is C54H34N4. The van der Waals surface area contributed by atoms with Crippen LogP contribution < -0.4 is 0 Å². The van der Waals surface area contributed by atoms with E-state index in [-0.39, 0.29) is 0 Å². The predicted molar refractivity (Wildman–Crippen MR) is 242 cm³/mol. The maximum absolute atomic E-state index is 5.29. The molecule has 58 heavy (non-hydrogen) atoms. The van der Waals surface area contributed by atoms with Crippen molar-refractivity contribution in [3.05, 3.63) is 206 Å². The fraction of sp³-hybridized carbons (Fsp3) is 0. The number of benzene rings is 9. The molecule has 3 aromatic heterocycles. The topological polar surface area (TPSA) is 35.6 Å². The lowest BCUT2D eigenvalue weighted by atomic mass is 10.0. The summed E-state index contributed by atoms with van der Waals surface area (Å²) in [7, 11) is 0. The second-order valence-electron chi connectivity index (χ2n) is 15.0. The summed E-state index contributed by atoms with van der Waals surface area (Å²) in [4.78, 5) is 10.5. The van der Waals surface area contributed by atoms with Crippen LogP contribution in [0.4, 0.5) is 0 Å². The lowest BCUT2D eigenvalue weighted by Crippen LogP contribution is -1.97. The van der Waals surface area contributed by atoms with Gasteiger partial charge in [-0.25, -0.2) is 9.97 Å². The second-order valence-corrected chi connectivity index (χ2v) is 15.0. The van der Waals surface area contributed by atoms with E-state index in [9.17, 15) is 0 Å². The van der Waals surface area contributed by atoms with E-state index in [1.165, 1.54) is 54.4 Å². The first-order chi connectivity index (χ1) is 28.8. The summed E-state index contributed by atoms with van der Waals surface area (Å²) in [5.74, 6) is 0. The molecule has 0 atom stereocenters.